The van der Waals surface area contributed by atoms with Crippen LogP contribution in [0.15, 0.2) is 60.7 Å². The predicted molar refractivity (Wildman–Crippen MR) is 125 cm³/mol. The van der Waals surface area contributed by atoms with Gasteiger partial charge in [0.2, 0.25) is 0 Å². The first kappa shape index (κ1) is 21.6. The number of carbonyl (C=O) groups excluding carboxylic acids is 2. The van der Waals surface area contributed by atoms with E-state index in [9.17, 15) is 18.4 Å². The quantitative estimate of drug-likeness (QED) is 0.537. The van der Waals surface area contributed by atoms with Gasteiger partial charge in [0.25, 0.3) is 11.8 Å². The van der Waals surface area contributed by atoms with Crippen LogP contribution in [0.1, 0.15) is 32.6 Å². The van der Waals surface area contributed by atoms with Gasteiger partial charge in [-0.05, 0) is 44.2 Å². The van der Waals surface area contributed by atoms with Gasteiger partial charge in [-0.3, -0.25) is 9.59 Å². The van der Waals surface area contributed by atoms with Crippen molar-refractivity contribution in [3.63, 3.8) is 0 Å². The molecular formula is C26H22F2N2O2S. The molecule has 2 amide bonds. The second-order valence-electron chi connectivity index (χ2n) is 8.43. The van der Waals surface area contributed by atoms with Crippen molar-refractivity contribution in [3.05, 3.63) is 100 Å². The first-order chi connectivity index (χ1) is 15.8. The van der Waals surface area contributed by atoms with Crippen LogP contribution in [-0.4, -0.2) is 29.0 Å². The van der Waals surface area contributed by atoms with Crippen LogP contribution in [0, 0.1) is 25.5 Å². The molecule has 0 aliphatic carbocycles. The van der Waals surface area contributed by atoms with Crippen molar-refractivity contribution in [2.24, 2.45) is 0 Å². The number of halogens is 2. The third-order valence-electron chi connectivity index (χ3n) is 6.27. The standard InChI is InChI=1S/C26H22F2N2O2S/c1-16-6-9-18(10-7-16)24(31)30-12-13-33-26(30)20-14-17(2)8-11-23(20)29(25(26)32)15-19-21(27)4-3-5-22(19)28/h3-11,14H,12-13,15H2,1-2H3/t26-/m0/s1. The number of thioether (sulfide) groups is 1. The van der Waals surface area contributed by atoms with E-state index >= 15 is 0 Å². The molecule has 7 heteroatoms. The molecule has 2 heterocycles. The molecule has 5 rings (SSSR count). The normalized spacial score (nSPS) is 19.5. The maximum absolute atomic E-state index is 14.5. The van der Waals surface area contributed by atoms with Gasteiger partial charge in [0, 0.05) is 29.0 Å². The van der Waals surface area contributed by atoms with E-state index < -0.39 is 16.5 Å². The molecule has 1 fully saturated rings. The van der Waals surface area contributed by atoms with Crippen LogP contribution in [0.5, 0.6) is 0 Å². The number of aryl methyl sites for hydroxylation is 2. The fourth-order valence-corrected chi connectivity index (χ4v) is 6.03. The van der Waals surface area contributed by atoms with Crippen LogP contribution >= 0.6 is 11.8 Å². The summed E-state index contributed by atoms with van der Waals surface area (Å²) in [7, 11) is 0. The second kappa shape index (κ2) is 7.99. The highest BCUT2D eigenvalue weighted by Crippen LogP contribution is 2.55. The highest BCUT2D eigenvalue weighted by Gasteiger charge is 2.59. The van der Waals surface area contributed by atoms with E-state index in [2.05, 4.69) is 0 Å². The minimum atomic E-state index is -1.26. The SMILES string of the molecule is Cc1ccc(C(=O)N2CCS[C@@]23C(=O)N(Cc2c(F)cccc2F)c2ccc(C)cc23)cc1. The average molecular weight is 465 g/mol. The molecule has 33 heavy (non-hydrogen) atoms. The second-order valence-corrected chi connectivity index (χ2v) is 9.72. The molecule has 1 spiro atoms. The van der Waals surface area contributed by atoms with Gasteiger partial charge in [0.1, 0.15) is 11.6 Å². The first-order valence-electron chi connectivity index (χ1n) is 10.7. The van der Waals surface area contributed by atoms with Gasteiger partial charge in [-0.25, -0.2) is 8.78 Å². The third-order valence-corrected chi connectivity index (χ3v) is 7.69. The zero-order valence-electron chi connectivity index (χ0n) is 18.3. The molecule has 0 N–H and O–H groups in total. The monoisotopic (exact) mass is 464 g/mol. The van der Waals surface area contributed by atoms with Gasteiger partial charge in [-0.2, -0.15) is 0 Å². The van der Waals surface area contributed by atoms with Crippen molar-refractivity contribution in [1.82, 2.24) is 4.90 Å². The number of fused-ring (bicyclic) bond motifs is 2. The van der Waals surface area contributed by atoms with E-state index in [1.165, 1.54) is 34.9 Å². The van der Waals surface area contributed by atoms with Gasteiger partial charge in [0.15, 0.2) is 4.87 Å². The molecule has 0 aromatic heterocycles. The summed E-state index contributed by atoms with van der Waals surface area (Å²) >= 11 is 1.40. The summed E-state index contributed by atoms with van der Waals surface area (Å²) < 4.78 is 28.9. The van der Waals surface area contributed by atoms with Crippen molar-refractivity contribution in [1.29, 1.82) is 0 Å². The predicted octanol–water partition coefficient (Wildman–Crippen LogP) is 5.17. The number of amides is 2. The Bertz CT molecular complexity index is 1260. The summed E-state index contributed by atoms with van der Waals surface area (Å²) in [6.07, 6.45) is 0. The van der Waals surface area contributed by atoms with E-state index in [0.717, 1.165) is 11.1 Å². The lowest BCUT2D eigenvalue weighted by atomic mass is 10.0. The number of carbonyl (C=O) groups is 2. The summed E-state index contributed by atoms with van der Waals surface area (Å²) in [4.78, 5) is 29.3. The Kier molecular flexibility index (Phi) is 5.24. The van der Waals surface area contributed by atoms with Crippen molar-refractivity contribution in [2.45, 2.75) is 25.3 Å². The lowest BCUT2D eigenvalue weighted by molar-refractivity contribution is -0.123. The topological polar surface area (TPSA) is 40.6 Å². The summed E-state index contributed by atoms with van der Waals surface area (Å²) in [5.41, 5.74) is 3.57. The molecule has 2 aliphatic heterocycles. The van der Waals surface area contributed by atoms with Crippen LogP contribution in [0.2, 0.25) is 0 Å². The molecule has 3 aromatic carbocycles. The minimum absolute atomic E-state index is 0.172. The molecule has 0 bridgehead atoms. The highest BCUT2D eigenvalue weighted by atomic mass is 32.2. The Balaban J connectivity index is 1.61. The van der Waals surface area contributed by atoms with Crippen LogP contribution in [0.25, 0.3) is 0 Å². The Morgan fingerprint density at radius 3 is 2.36 bits per heavy atom. The number of hydrogen-bond donors (Lipinski definition) is 0. The number of rotatable bonds is 3. The number of anilines is 1. The summed E-state index contributed by atoms with van der Waals surface area (Å²) in [5.74, 6) is -1.42. The van der Waals surface area contributed by atoms with Crippen molar-refractivity contribution >= 4 is 29.3 Å². The van der Waals surface area contributed by atoms with Crippen molar-refractivity contribution in [2.75, 3.05) is 17.2 Å². The minimum Gasteiger partial charge on any atom is -0.311 e. The molecule has 168 valence electrons. The van der Waals surface area contributed by atoms with Gasteiger partial charge in [-0.1, -0.05) is 41.5 Å². The van der Waals surface area contributed by atoms with E-state index in [4.69, 9.17) is 0 Å². The zero-order valence-corrected chi connectivity index (χ0v) is 19.1. The van der Waals surface area contributed by atoms with Gasteiger partial charge < -0.3 is 9.80 Å². The van der Waals surface area contributed by atoms with E-state index in [-0.39, 0.29) is 23.9 Å². The molecule has 0 saturated carbocycles. The Labute approximate surface area is 195 Å². The zero-order chi connectivity index (χ0) is 23.3. The van der Waals surface area contributed by atoms with E-state index in [1.807, 2.05) is 38.1 Å². The van der Waals surface area contributed by atoms with Crippen LogP contribution in [0.4, 0.5) is 14.5 Å². The highest BCUT2D eigenvalue weighted by molar-refractivity contribution is 8.01. The Morgan fingerprint density at radius 2 is 1.67 bits per heavy atom. The lowest BCUT2D eigenvalue weighted by Gasteiger charge is -2.33. The van der Waals surface area contributed by atoms with Gasteiger partial charge in [0.05, 0.1) is 12.2 Å². The maximum atomic E-state index is 14.5. The molecule has 3 aromatic rings. The fourth-order valence-electron chi connectivity index (χ4n) is 4.58. The van der Waals surface area contributed by atoms with Crippen LogP contribution < -0.4 is 4.90 Å². The average Bonchev–Trinajstić information content (AvgIpc) is 3.33. The Hall–Kier alpha value is -3.19. The van der Waals surface area contributed by atoms with Gasteiger partial charge in [-0.15, -0.1) is 11.8 Å². The molecule has 2 aliphatic rings. The summed E-state index contributed by atoms with van der Waals surface area (Å²) in [6.45, 7) is 4.02. The van der Waals surface area contributed by atoms with Gasteiger partial charge >= 0.3 is 0 Å². The van der Waals surface area contributed by atoms with Crippen LogP contribution in [-0.2, 0) is 16.2 Å². The molecule has 0 unspecified atom stereocenters. The molecule has 0 radical (unpaired) electrons. The molecule has 1 saturated heterocycles. The van der Waals surface area contributed by atoms with Crippen molar-refractivity contribution < 1.29 is 18.4 Å². The van der Waals surface area contributed by atoms with E-state index in [0.29, 0.717) is 29.1 Å². The maximum Gasteiger partial charge on any atom is 0.268 e. The van der Waals surface area contributed by atoms with E-state index in [1.54, 1.807) is 23.1 Å². The number of hydrogen-bond acceptors (Lipinski definition) is 3. The molecule has 1 atom stereocenters. The lowest BCUT2D eigenvalue weighted by Crippen LogP contribution is -2.50. The number of benzene rings is 3. The van der Waals surface area contributed by atoms with Crippen molar-refractivity contribution in [3.8, 4) is 0 Å². The molecular weight excluding hydrogens is 442 g/mol. The largest absolute Gasteiger partial charge is 0.311 e. The summed E-state index contributed by atoms with van der Waals surface area (Å²) in [5, 5.41) is 0. The Morgan fingerprint density at radius 1 is 1.00 bits per heavy atom. The smallest absolute Gasteiger partial charge is 0.268 e. The fraction of sp³-hybridized carbons (Fsp3) is 0.231. The first-order valence-corrected chi connectivity index (χ1v) is 11.7. The number of nitrogens with zero attached hydrogens (tertiary/aromatic N) is 2. The molecule has 4 nitrogen and oxygen atoms in total. The third kappa shape index (κ3) is 3.33. The van der Waals surface area contributed by atoms with Crippen LogP contribution in [0.3, 0.4) is 0 Å². The summed E-state index contributed by atoms with van der Waals surface area (Å²) in [6, 6.07) is 16.5.